The second kappa shape index (κ2) is 5.14. The molecule has 0 aliphatic rings. The number of aryl methyl sites for hydroxylation is 1. The normalized spacial score (nSPS) is 12.8. The van der Waals surface area contributed by atoms with Gasteiger partial charge in [-0.2, -0.15) is 0 Å². The number of nitrogens with zero attached hydrogens (tertiary/aromatic N) is 2. The van der Waals surface area contributed by atoms with Gasteiger partial charge in [0, 0.05) is 12.6 Å². The summed E-state index contributed by atoms with van der Waals surface area (Å²) in [4.78, 5) is 0. The Morgan fingerprint density at radius 1 is 1.54 bits per heavy atom. The fourth-order valence-electron chi connectivity index (χ4n) is 0.902. The van der Waals surface area contributed by atoms with Gasteiger partial charge in [-0.25, -0.2) is 0 Å². The van der Waals surface area contributed by atoms with Crippen LogP contribution in [0.5, 0.6) is 0 Å². The number of hydrogen-bond donors (Lipinski definition) is 1. The van der Waals surface area contributed by atoms with E-state index in [-0.39, 0.29) is 6.04 Å². The first kappa shape index (κ1) is 10.4. The van der Waals surface area contributed by atoms with E-state index in [0.29, 0.717) is 6.61 Å². The molecule has 1 atom stereocenters. The maximum Gasteiger partial charge on any atom is 0.205 e. The minimum Gasteiger partial charge on any atom is -0.380 e. The third kappa shape index (κ3) is 3.69. The van der Waals surface area contributed by atoms with Crippen molar-refractivity contribution in [1.29, 1.82) is 0 Å². The zero-order valence-electron chi connectivity index (χ0n) is 8.20. The van der Waals surface area contributed by atoms with Crippen molar-refractivity contribution in [2.45, 2.75) is 26.8 Å². The maximum absolute atomic E-state index is 5.27. The molecule has 5 heteroatoms. The Morgan fingerprint density at radius 2 is 2.31 bits per heavy atom. The van der Waals surface area contributed by atoms with E-state index in [1.807, 2.05) is 13.8 Å². The van der Waals surface area contributed by atoms with Crippen LogP contribution >= 0.6 is 11.3 Å². The Labute approximate surface area is 82.3 Å². The number of rotatable bonds is 5. The Morgan fingerprint density at radius 3 is 2.85 bits per heavy atom. The Balaban J connectivity index is 2.31. The third-order valence-corrected chi connectivity index (χ3v) is 2.24. The molecule has 0 radical (unpaired) electrons. The van der Waals surface area contributed by atoms with E-state index < -0.39 is 0 Å². The molecule has 1 N–H and O–H groups in total. The first-order valence-corrected chi connectivity index (χ1v) is 5.18. The van der Waals surface area contributed by atoms with Gasteiger partial charge in [-0.15, -0.1) is 10.2 Å². The monoisotopic (exact) mass is 201 g/mol. The molecule has 0 aromatic carbocycles. The average molecular weight is 201 g/mol. The lowest BCUT2D eigenvalue weighted by molar-refractivity contribution is 0.141. The number of aromatic nitrogens is 2. The minimum atomic E-state index is 0.285. The quantitative estimate of drug-likeness (QED) is 0.787. The summed E-state index contributed by atoms with van der Waals surface area (Å²) in [5, 5.41) is 12.9. The van der Waals surface area contributed by atoms with Gasteiger partial charge in [0.05, 0.1) is 6.61 Å². The lowest BCUT2D eigenvalue weighted by Crippen LogP contribution is -2.21. The summed E-state index contributed by atoms with van der Waals surface area (Å²) >= 11 is 1.56. The van der Waals surface area contributed by atoms with Gasteiger partial charge in [0.2, 0.25) is 5.13 Å². The molecular formula is C8H15N3OS. The first-order valence-electron chi connectivity index (χ1n) is 4.36. The van der Waals surface area contributed by atoms with Gasteiger partial charge in [0.1, 0.15) is 5.01 Å². The molecule has 0 spiro atoms. The number of anilines is 1. The number of ether oxygens (including phenoxy) is 1. The van der Waals surface area contributed by atoms with Crippen LogP contribution in [0.2, 0.25) is 0 Å². The van der Waals surface area contributed by atoms with Crippen molar-refractivity contribution in [1.82, 2.24) is 10.2 Å². The van der Waals surface area contributed by atoms with Crippen molar-refractivity contribution in [2.75, 3.05) is 18.5 Å². The molecule has 1 rings (SSSR count). The van der Waals surface area contributed by atoms with Gasteiger partial charge in [0.15, 0.2) is 0 Å². The van der Waals surface area contributed by atoms with Crippen LogP contribution in [0.4, 0.5) is 5.13 Å². The van der Waals surface area contributed by atoms with Gasteiger partial charge in [0.25, 0.3) is 0 Å². The number of hydrogen-bond acceptors (Lipinski definition) is 5. The molecule has 0 aliphatic carbocycles. The van der Waals surface area contributed by atoms with Crippen LogP contribution < -0.4 is 5.32 Å². The molecule has 0 saturated heterocycles. The molecule has 0 amide bonds. The van der Waals surface area contributed by atoms with E-state index in [4.69, 9.17) is 4.74 Å². The van der Waals surface area contributed by atoms with Crippen LogP contribution in [0.15, 0.2) is 0 Å². The van der Waals surface area contributed by atoms with Crippen LogP contribution in [-0.2, 0) is 4.74 Å². The Kier molecular flexibility index (Phi) is 4.11. The predicted molar refractivity (Wildman–Crippen MR) is 54.2 cm³/mol. The van der Waals surface area contributed by atoms with Gasteiger partial charge in [-0.05, 0) is 20.8 Å². The van der Waals surface area contributed by atoms with Crippen LogP contribution in [0.3, 0.4) is 0 Å². The summed E-state index contributed by atoms with van der Waals surface area (Å²) in [5.74, 6) is 0. The molecule has 13 heavy (non-hydrogen) atoms. The van der Waals surface area contributed by atoms with Gasteiger partial charge in [-0.1, -0.05) is 11.3 Å². The van der Waals surface area contributed by atoms with Crippen LogP contribution in [0.25, 0.3) is 0 Å². The molecule has 1 heterocycles. The van der Waals surface area contributed by atoms with Gasteiger partial charge < -0.3 is 10.1 Å². The van der Waals surface area contributed by atoms with E-state index in [1.54, 1.807) is 11.3 Å². The van der Waals surface area contributed by atoms with Crippen molar-refractivity contribution in [2.24, 2.45) is 0 Å². The van der Waals surface area contributed by atoms with Crippen molar-refractivity contribution >= 4 is 16.5 Å². The molecule has 1 unspecified atom stereocenters. The van der Waals surface area contributed by atoms with Crippen molar-refractivity contribution in [3.05, 3.63) is 5.01 Å². The molecule has 0 bridgehead atoms. The summed E-state index contributed by atoms with van der Waals surface area (Å²) in [5.41, 5.74) is 0. The SMILES string of the molecule is CCOCC(C)Nc1nnc(C)s1. The van der Waals surface area contributed by atoms with Crippen molar-refractivity contribution in [3.8, 4) is 0 Å². The summed E-state index contributed by atoms with van der Waals surface area (Å²) in [6, 6.07) is 0.285. The molecule has 4 nitrogen and oxygen atoms in total. The topological polar surface area (TPSA) is 47.0 Å². The van der Waals surface area contributed by atoms with Gasteiger partial charge >= 0.3 is 0 Å². The Bertz CT molecular complexity index is 251. The van der Waals surface area contributed by atoms with Crippen molar-refractivity contribution < 1.29 is 4.74 Å². The van der Waals surface area contributed by atoms with Gasteiger partial charge in [-0.3, -0.25) is 0 Å². The van der Waals surface area contributed by atoms with E-state index in [2.05, 4.69) is 22.4 Å². The summed E-state index contributed by atoms with van der Waals surface area (Å²) in [7, 11) is 0. The van der Waals surface area contributed by atoms with Crippen LogP contribution in [0, 0.1) is 6.92 Å². The molecule has 0 fully saturated rings. The minimum absolute atomic E-state index is 0.285. The fourth-order valence-corrected chi connectivity index (χ4v) is 1.61. The van der Waals surface area contributed by atoms with E-state index in [9.17, 15) is 0 Å². The zero-order valence-corrected chi connectivity index (χ0v) is 9.02. The molecule has 0 aliphatic heterocycles. The standard InChI is InChI=1S/C8H15N3OS/c1-4-12-5-6(2)9-8-11-10-7(3)13-8/h6H,4-5H2,1-3H3,(H,9,11). The highest BCUT2D eigenvalue weighted by Gasteiger charge is 2.04. The lowest BCUT2D eigenvalue weighted by Gasteiger charge is -2.11. The number of nitrogens with one attached hydrogen (secondary N) is 1. The van der Waals surface area contributed by atoms with Crippen molar-refractivity contribution in [3.63, 3.8) is 0 Å². The molecule has 1 aromatic heterocycles. The Hall–Kier alpha value is -0.680. The maximum atomic E-state index is 5.27. The second-order valence-electron chi connectivity index (χ2n) is 2.83. The first-order chi connectivity index (χ1) is 6.22. The summed E-state index contributed by atoms with van der Waals surface area (Å²) in [6.45, 7) is 7.44. The smallest absolute Gasteiger partial charge is 0.205 e. The summed E-state index contributed by atoms with van der Waals surface area (Å²) in [6.07, 6.45) is 0. The molecule has 1 aromatic rings. The van der Waals surface area contributed by atoms with E-state index in [0.717, 1.165) is 16.7 Å². The van der Waals surface area contributed by atoms with E-state index >= 15 is 0 Å². The fraction of sp³-hybridized carbons (Fsp3) is 0.750. The average Bonchev–Trinajstić information content (AvgIpc) is 2.48. The lowest BCUT2D eigenvalue weighted by atomic mass is 10.4. The second-order valence-corrected chi connectivity index (χ2v) is 4.01. The molecule has 0 saturated carbocycles. The zero-order chi connectivity index (χ0) is 9.68. The highest BCUT2D eigenvalue weighted by Crippen LogP contribution is 2.14. The molecule has 74 valence electrons. The highest BCUT2D eigenvalue weighted by molar-refractivity contribution is 7.15. The van der Waals surface area contributed by atoms with E-state index in [1.165, 1.54) is 0 Å². The summed E-state index contributed by atoms with van der Waals surface area (Å²) < 4.78 is 5.27. The van der Waals surface area contributed by atoms with Crippen LogP contribution in [-0.4, -0.2) is 29.5 Å². The predicted octanol–water partition coefficient (Wildman–Crippen LogP) is 1.68. The largest absolute Gasteiger partial charge is 0.380 e. The third-order valence-electron chi connectivity index (χ3n) is 1.47. The molecular weight excluding hydrogens is 186 g/mol. The van der Waals surface area contributed by atoms with Crippen LogP contribution in [0.1, 0.15) is 18.9 Å². The highest BCUT2D eigenvalue weighted by atomic mass is 32.1.